The molecule has 0 unspecified atom stereocenters. The number of rotatable bonds is 15. The van der Waals surface area contributed by atoms with E-state index in [0.29, 0.717) is 23.4 Å². The van der Waals surface area contributed by atoms with Gasteiger partial charge in [0.25, 0.3) is 5.91 Å². The smallest absolute Gasteiger partial charge is 0.408 e. The summed E-state index contributed by atoms with van der Waals surface area (Å²) < 4.78 is 10.5. The molecule has 256 valence electrons. The first-order valence-corrected chi connectivity index (χ1v) is 15.4. The Morgan fingerprint density at radius 2 is 1.47 bits per heavy atom. The van der Waals surface area contributed by atoms with Gasteiger partial charge in [-0.3, -0.25) is 30.0 Å². The van der Waals surface area contributed by atoms with Crippen LogP contribution in [0.5, 0.6) is 0 Å². The SMILES string of the molecule is CC(=O)NNC(=O)[C@H](Cc1ccccc1)NC(=O)CNC(=O)[C@@H](CCCCNC(=O)OCc1ccccc1Cl)NC(=O)OC(C)(C)C. The van der Waals surface area contributed by atoms with E-state index in [1.54, 1.807) is 75.4 Å². The minimum atomic E-state index is -1.06. The molecule has 2 atom stereocenters. The number of carbonyl (C=O) groups is 6. The molecule has 0 aliphatic heterocycles. The van der Waals surface area contributed by atoms with Crippen LogP contribution in [0.25, 0.3) is 0 Å². The Hall–Kier alpha value is -4.85. The van der Waals surface area contributed by atoms with E-state index in [4.69, 9.17) is 21.1 Å². The molecule has 0 saturated carbocycles. The van der Waals surface area contributed by atoms with Crippen molar-refractivity contribution in [2.75, 3.05) is 13.1 Å². The van der Waals surface area contributed by atoms with Gasteiger partial charge in [-0.2, -0.15) is 0 Å². The Kier molecular flexibility index (Phi) is 16.0. The molecule has 15 heteroatoms. The highest BCUT2D eigenvalue weighted by molar-refractivity contribution is 6.31. The number of unbranched alkanes of at least 4 members (excludes halogenated alkanes) is 1. The molecule has 0 radical (unpaired) electrons. The monoisotopic (exact) mass is 674 g/mol. The van der Waals surface area contributed by atoms with E-state index in [2.05, 4.69) is 32.1 Å². The predicted octanol–water partition coefficient (Wildman–Crippen LogP) is 2.64. The average molecular weight is 675 g/mol. The summed E-state index contributed by atoms with van der Waals surface area (Å²) >= 11 is 6.07. The second-order valence-electron chi connectivity index (χ2n) is 11.5. The number of alkyl carbamates (subject to hydrolysis) is 2. The molecule has 2 aromatic rings. The Labute approximate surface area is 279 Å². The van der Waals surface area contributed by atoms with E-state index in [9.17, 15) is 28.8 Å². The van der Waals surface area contributed by atoms with Crippen molar-refractivity contribution in [1.82, 2.24) is 32.1 Å². The van der Waals surface area contributed by atoms with E-state index < -0.39 is 60.0 Å². The first kappa shape index (κ1) is 38.3. The summed E-state index contributed by atoms with van der Waals surface area (Å²) in [5.41, 5.74) is 5.04. The molecular formula is C32H43ClN6O8. The number of hydrogen-bond donors (Lipinski definition) is 6. The third-order valence-electron chi connectivity index (χ3n) is 6.23. The lowest BCUT2D eigenvalue weighted by Gasteiger charge is -2.23. The van der Waals surface area contributed by atoms with Crippen LogP contribution in [0.4, 0.5) is 9.59 Å². The van der Waals surface area contributed by atoms with Crippen LogP contribution >= 0.6 is 11.6 Å². The number of nitrogens with one attached hydrogen (secondary N) is 6. The zero-order valence-electron chi connectivity index (χ0n) is 26.9. The van der Waals surface area contributed by atoms with Crippen LogP contribution in [0.3, 0.4) is 0 Å². The average Bonchev–Trinajstić information content (AvgIpc) is 3.00. The van der Waals surface area contributed by atoms with Gasteiger partial charge in [0, 0.05) is 30.5 Å². The van der Waals surface area contributed by atoms with Gasteiger partial charge in [0.2, 0.25) is 17.7 Å². The van der Waals surface area contributed by atoms with E-state index >= 15 is 0 Å². The van der Waals surface area contributed by atoms with Gasteiger partial charge < -0.3 is 30.7 Å². The van der Waals surface area contributed by atoms with Gasteiger partial charge in [0.15, 0.2) is 0 Å². The molecule has 0 fully saturated rings. The molecular weight excluding hydrogens is 632 g/mol. The van der Waals surface area contributed by atoms with E-state index in [1.165, 1.54) is 6.92 Å². The topological polar surface area (TPSA) is 193 Å². The maximum atomic E-state index is 13.1. The number of hydrazine groups is 1. The fourth-order valence-electron chi connectivity index (χ4n) is 4.02. The van der Waals surface area contributed by atoms with Crippen molar-refractivity contribution in [1.29, 1.82) is 0 Å². The molecule has 14 nitrogen and oxygen atoms in total. The van der Waals surface area contributed by atoms with Crippen molar-refractivity contribution >= 4 is 47.4 Å². The number of benzene rings is 2. The highest BCUT2D eigenvalue weighted by atomic mass is 35.5. The fourth-order valence-corrected chi connectivity index (χ4v) is 4.21. The molecule has 2 aromatic carbocycles. The van der Waals surface area contributed by atoms with Crippen LogP contribution in [0, 0.1) is 0 Å². The fraction of sp³-hybridized carbons (Fsp3) is 0.438. The zero-order valence-corrected chi connectivity index (χ0v) is 27.7. The van der Waals surface area contributed by atoms with E-state index in [1.807, 2.05) is 0 Å². The lowest BCUT2D eigenvalue weighted by atomic mass is 10.1. The van der Waals surface area contributed by atoms with Crippen LogP contribution in [0.15, 0.2) is 54.6 Å². The summed E-state index contributed by atoms with van der Waals surface area (Å²) in [5, 5.41) is 10.7. The Bertz CT molecular complexity index is 1370. The van der Waals surface area contributed by atoms with Gasteiger partial charge in [-0.15, -0.1) is 0 Å². The molecule has 0 aliphatic rings. The lowest BCUT2D eigenvalue weighted by Crippen LogP contribution is -2.55. The molecule has 0 saturated heterocycles. The zero-order chi connectivity index (χ0) is 34.8. The summed E-state index contributed by atoms with van der Waals surface area (Å²) in [6.45, 7) is 6.00. The van der Waals surface area contributed by atoms with Crippen LogP contribution < -0.4 is 32.1 Å². The molecule has 0 aliphatic carbocycles. The van der Waals surface area contributed by atoms with Gasteiger partial charge in [0.1, 0.15) is 24.3 Å². The minimum Gasteiger partial charge on any atom is -0.445 e. The van der Waals surface area contributed by atoms with Crippen molar-refractivity contribution in [2.24, 2.45) is 0 Å². The first-order chi connectivity index (χ1) is 22.2. The maximum absolute atomic E-state index is 13.1. The Balaban J connectivity index is 1.91. The molecule has 0 spiro atoms. The minimum absolute atomic E-state index is 0.00805. The number of ether oxygens (including phenoxy) is 2. The number of hydrogen-bond acceptors (Lipinski definition) is 8. The number of amides is 6. The molecule has 0 bridgehead atoms. The second-order valence-corrected chi connectivity index (χ2v) is 11.9. The largest absolute Gasteiger partial charge is 0.445 e. The van der Waals surface area contributed by atoms with Crippen molar-refractivity contribution in [2.45, 2.75) is 77.7 Å². The van der Waals surface area contributed by atoms with Crippen molar-refractivity contribution in [3.05, 3.63) is 70.7 Å². The molecule has 0 aromatic heterocycles. The van der Waals surface area contributed by atoms with E-state index in [-0.39, 0.29) is 26.0 Å². The van der Waals surface area contributed by atoms with Crippen LogP contribution in [0.2, 0.25) is 5.02 Å². The summed E-state index contributed by atoms with van der Waals surface area (Å²) in [5.74, 6) is -2.48. The standard InChI is InChI=1S/C32H43ClN6O8/c1-21(40)38-39-29(43)26(18-22-12-6-5-7-13-22)36-27(41)19-35-28(42)25(37-31(45)47-32(2,3)4)16-10-11-17-34-30(44)46-20-23-14-8-9-15-24(23)33/h5-9,12-15,25-26H,10-11,16-20H2,1-4H3,(H,34,44)(H,35,42)(H,36,41)(H,37,45)(H,38,40)(H,39,43)/t25-,26+/m1/s1. The Morgan fingerprint density at radius 1 is 0.787 bits per heavy atom. The quantitative estimate of drug-likeness (QED) is 0.123. The molecule has 0 heterocycles. The highest BCUT2D eigenvalue weighted by Crippen LogP contribution is 2.15. The van der Waals surface area contributed by atoms with Gasteiger partial charge in [0.05, 0.1) is 6.54 Å². The van der Waals surface area contributed by atoms with Gasteiger partial charge >= 0.3 is 12.2 Å². The lowest BCUT2D eigenvalue weighted by molar-refractivity contribution is -0.132. The molecule has 2 rings (SSSR count). The predicted molar refractivity (Wildman–Crippen MR) is 174 cm³/mol. The van der Waals surface area contributed by atoms with Crippen molar-refractivity contribution in [3.8, 4) is 0 Å². The van der Waals surface area contributed by atoms with Crippen LogP contribution in [0.1, 0.15) is 58.1 Å². The highest BCUT2D eigenvalue weighted by Gasteiger charge is 2.26. The van der Waals surface area contributed by atoms with Crippen LogP contribution in [-0.2, 0) is 41.7 Å². The molecule has 6 N–H and O–H groups in total. The third kappa shape index (κ3) is 16.3. The van der Waals surface area contributed by atoms with Crippen molar-refractivity contribution < 1.29 is 38.2 Å². The molecule has 47 heavy (non-hydrogen) atoms. The summed E-state index contributed by atoms with van der Waals surface area (Å²) in [6.07, 6.45) is -0.302. The maximum Gasteiger partial charge on any atom is 0.408 e. The Morgan fingerprint density at radius 3 is 2.13 bits per heavy atom. The van der Waals surface area contributed by atoms with Gasteiger partial charge in [-0.25, -0.2) is 9.59 Å². The van der Waals surface area contributed by atoms with Crippen molar-refractivity contribution in [3.63, 3.8) is 0 Å². The second kappa shape index (κ2) is 19.6. The van der Waals surface area contributed by atoms with Crippen LogP contribution in [-0.4, -0.2) is 66.6 Å². The normalized spacial score (nSPS) is 12.0. The summed E-state index contributed by atoms with van der Waals surface area (Å²) in [4.78, 5) is 74.3. The van der Waals surface area contributed by atoms with Gasteiger partial charge in [-0.05, 0) is 51.7 Å². The molecule has 6 amide bonds. The third-order valence-corrected chi connectivity index (χ3v) is 6.60. The van der Waals surface area contributed by atoms with E-state index in [0.717, 1.165) is 5.56 Å². The summed E-state index contributed by atoms with van der Waals surface area (Å²) in [6, 6.07) is 13.8. The summed E-state index contributed by atoms with van der Waals surface area (Å²) in [7, 11) is 0. The number of carbonyl (C=O) groups excluding carboxylic acids is 6. The number of halogens is 1. The van der Waals surface area contributed by atoms with Gasteiger partial charge in [-0.1, -0.05) is 60.1 Å². The first-order valence-electron chi connectivity index (χ1n) is 15.0.